The Morgan fingerprint density at radius 1 is 0.818 bits per heavy atom. The van der Waals surface area contributed by atoms with E-state index >= 15 is 0 Å². The first-order chi connectivity index (χ1) is 10.2. The van der Waals surface area contributed by atoms with Gasteiger partial charge in [-0.15, -0.1) is 28.5 Å². The first-order valence-electron chi connectivity index (χ1n) is 7.26. The minimum atomic E-state index is 0. The number of rotatable bonds is 1. The van der Waals surface area contributed by atoms with Crippen molar-refractivity contribution in [1.82, 2.24) is 4.98 Å². The largest absolute Gasteiger partial charge is 0.264 e. The van der Waals surface area contributed by atoms with E-state index in [0.29, 0.717) is 0 Å². The molecule has 0 N–H and O–H groups in total. The normalized spacial score (nSPS) is 10.8. The van der Waals surface area contributed by atoms with Crippen LogP contribution in [0.2, 0.25) is 0 Å². The van der Waals surface area contributed by atoms with E-state index in [9.17, 15) is 0 Å². The van der Waals surface area contributed by atoms with Crippen LogP contribution in [-0.2, 0) is 17.4 Å². The molecule has 1 heterocycles. The summed E-state index contributed by atoms with van der Waals surface area (Å²) in [5, 5.41) is 3.78. The van der Waals surface area contributed by atoms with Crippen molar-refractivity contribution in [2.24, 2.45) is 0 Å². The Morgan fingerprint density at radius 2 is 1.50 bits per heavy atom. The van der Waals surface area contributed by atoms with Gasteiger partial charge in [0.1, 0.15) is 0 Å². The van der Waals surface area contributed by atoms with Crippen LogP contribution in [0, 0.1) is 13.8 Å². The Kier molecular flexibility index (Phi) is 3.83. The molecule has 0 aliphatic heterocycles. The Balaban J connectivity index is 0.00000144. The molecule has 1 aromatic heterocycles. The second-order valence-corrected chi connectivity index (χ2v) is 5.64. The SMILES string of the molecule is Cc1cc2ccccc2nc1-[c-]1c(C)cc2ccccc21.[Cr]. The molecule has 3 aromatic carbocycles. The van der Waals surface area contributed by atoms with Gasteiger partial charge in [-0.25, -0.2) is 0 Å². The van der Waals surface area contributed by atoms with Gasteiger partial charge in [0.2, 0.25) is 0 Å². The zero-order chi connectivity index (χ0) is 14.4. The van der Waals surface area contributed by atoms with Crippen molar-refractivity contribution in [3.63, 3.8) is 0 Å². The number of aryl methyl sites for hydroxylation is 2. The minimum absolute atomic E-state index is 0. The summed E-state index contributed by atoms with van der Waals surface area (Å²) in [6.07, 6.45) is 0. The van der Waals surface area contributed by atoms with Crippen molar-refractivity contribution >= 4 is 21.7 Å². The number of nitrogens with zero attached hydrogens (tertiary/aromatic N) is 1. The second-order valence-electron chi connectivity index (χ2n) is 5.64. The third kappa shape index (κ3) is 2.26. The van der Waals surface area contributed by atoms with Crippen LogP contribution in [0.25, 0.3) is 32.9 Å². The van der Waals surface area contributed by atoms with Crippen molar-refractivity contribution in [1.29, 1.82) is 0 Å². The minimum Gasteiger partial charge on any atom is -0.264 e. The topological polar surface area (TPSA) is 12.9 Å². The molecule has 0 spiro atoms. The average Bonchev–Trinajstić information content (AvgIpc) is 2.82. The van der Waals surface area contributed by atoms with Gasteiger partial charge < -0.3 is 0 Å². The standard InChI is InChI=1S/C20H16N.Cr/c1-13-11-15-7-3-5-9-17(15)19(13)20-14(2)12-16-8-4-6-10-18(16)21-20;/h3-12H,1-2H3;/q-1;. The number of benzene rings is 2. The van der Waals surface area contributed by atoms with Gasteiger partial charge in [-0.3, -0.25) is 4.98 Å². The van der Waals surface area contributed by atoms with E-state index in [1.54, 1.807) is 0 Å². The molecule has 0 fully saturated rings. The fourth-order valence-corrected chi connectivity index (χ4v) is 3.16. The fourth-order valence-electron chi connectivity index (χ4n) is 3.16. The van der Waals surface area contributed by atoms with E-state index in [4.69, 9.17) is 4.98 Å². The van der Waals surface area contributed by atoms with Crippen LogP contribution in [0.5, 0.6) is 0 Å². The summed E-state index contributed by atoms with van der Waals surface area (Å²) in [5.74, 6) is 0. The van der Waals surface area contributed by atoms with E-state index in [1.807, 2.05) is 6.07 Å². The molecule has 0 amide bonds. The van der Waals surface area contributed by atoms with Crippen LogP contribution in [0.15, 0.2) is 60.7 Å². The zero-order valence-corrected chi connectivity index (χ0v) is 13.9. The molecule has 0 radical (unpaired) electrons. The van der Waals surface area contributed by atoms with Crippen LogP contribution >= 0.6 is 0 Å². The van der Waals surface area contributed by atoms with Crippen LogP contribution in [0.3, 0.4) is 0 Å². The van der Waals surface area contributed by atoms with Gasteiger partial charge in [-0.05, 0) is 11.5 Å². The van der Waals surface area contributed by atoms with Crippen LogP contribution in [-0.4, -0.2) is 4.98 Å². The monoisotopic (exact) mass is 322 g/mol. The molecule has 2 heteroatoms. The van der Waals surface area contributed by atoms with Gasteiger partial charge in [-0.2, -0.15) is 0 Å². The molecule has 0 bridgehead atoms. The maximum Gasteiger partial charge on any atom is 0.0687 e. The van der Waals surface area contributed by atoms with Crippen LogP contribution in [0.1, 0.15) is 11.1 Å². The number of hydrogen-bond donors (Lipinski definition) is 0. The fraction of sp³-hybridized carbons (Fsp3) is 0.100. The molecule has 0 saturated carbocycles. The van der Waals surface area contributed by atoms with Crippen molar-refractivity contribution in [3.05, 3.63) is 71.8 Å². The van der Waals surface area contributed by atoms with Crippen molar-refractivity contribution in [2.75, 3.05) is 0 Å². The molecule has 1 nitrogen and oxygen atoms in total. The second kappa shape index (κ2) is 5.65. The number of para-hydroxylation sites is 1. The van der Waals surface area contributed by atoms with E-state index in [-0.39, 0.29) is 17.4 Å². The zero-order valence-electron chi connectivity index (χ0n) is 12.6. The number of fused-ring (bicyclic) bond motifs is 2. The summed E-state index contributed by atoms with van der Waals surface area (Å²) in [5.41, 5.74) is 5.96. The van der Waals surface area contributed by atoms with Gasteiger partial charge in [0.05, 0.1) is 5.52 Å². The van der Waals surface area contributed by atoms with Crippen molar-refractivity contribution < 1.29 is 17.4 Å². The average molecular weight is 322 g/mol. The van der Waals surface area contributed by atoms with Gasteiger partial charge in [0.15, 0.2) is 0 Å². The molecule has 0 atom stereocenters. The molecular weight excluding hydrogens is 306 g/mol. The number of pyridine rings is 1. The molecule has 22 heavy (non-hydrogen) atoms. The van der Waals surface area contributed by atoms with Crippen molar-refractivity contribution in [2.45, 2.75) is 13.8 Å². The molecule has 0 unspecified atom stereocenters. The first kappa shape index (κ1) is 14.9. The predicted octanol–water partition coefficient (Wildman–Crippen LogP) is 5.39. The van der Waals surface area contributed by atoms with Gasteiger partial charge in [0, 0.05) is 23.1 Å². The third-order valence-corrected chi connectivity index (χ3v) is 4.15. The van der Waals surface area contributed by atoms with E-state index in [0.717, 1.165) is 11.2 Å². The van der Waals surface area contributed by atoms with Gasteiger partial charge in [0.25, 0.3) is 0 Å². The van der Waals surface area contributed by atoms with Crippen LogP contribution in [0.4, 0.5) is 0 Å². The molecule has 0 saturated heterocycles. The molecule has 108 valence electrons. The Labute approximate surface area is 141 Å². The predicted molar refractivity (Wildman–Crippen MR) is 89.8 cm³/mol. The summed E-state index contributed by atoms with van der Waals surface area (Å²) in [7, 11) is 0. The summed E-state index contributed by atoms with van der Waals surface area (Å²) in [4.78, 5) is 4.93. The Morgan fingerprint density at radius 3 is 2.32 bits per heavy atom. The third-order valence-electron chi connectivity index (χ3n) is 4.15. The van der Waals surface area contributed by atoms with Crippen LogP contribution < -0.4 is 0 Å². The molecule has 0 aliphatic rings. The van der Waals surface area contributed by atoms with E-state index in [1.165, 1.54) is 32.8 Å². The summed E-state index contributed by atoms with van der Waals surface area (Å²) in [6.45, 7) is 4.32. The molecule has 4 rings (SSSR count). The molecular formula is C20H16CrN-. The quantitative estimate of drug-likeness (QED) is 0.428. The maximum absolute atomic E-state index is 4.93. The number of aromatic nitrogens is 1. The molecule has 4 aromatic rings. The maximum atomic E-state index is 4.93. The Bertz CT molecular complexity index is 966. The summed E-state index contributed by atoms with van der Waals surface area (Å²) >= 11 is 0. The smallest absolute Gasteiger partial charge is 0.0687 e. The van der Waals surface area contributed by atoms with E-state index < -0.39 is 0 Å². The van der Waals surface area contributed by atoms with Crippen molar-refractivity contribution in [3.8, 4) is 11.3 Å². The summed E-state index contributed by atoms with van der Waals surface area (Å²) in [6, 6.07) is 21.3. The Hall–Kier alpha value is -2.01. The number of hydrogen-bond acceptors (Lipinski definition) is 1. The van der Waals surface area contributed by atoms with Gasteiger partial charge in [-0.1, -0.05) is 67.4 Å². The van der Waals surface area contributed by atoms with Gasteiger partial charge >= 0.3 is 0 Å². The first-order valence-corrected chi connectivity index (χ1v) is 7.26. The van der Waals surface area contributed by atoms with E-state index in [2.05, 4.69) is 68.4 Å². The summed E-state index contributed by atoms with van der Waals surface area (Å²) < 4.78 is 0. The molecule has 0 aliphatic carbocycles.